The van der Waals surface area contributed by atoms with Crippen molar-refractivity contribution in [2.45, 2.75) is 6.42 Å². The van der Waals surface area contributed by atoms with Crippen LogP contribution >= 0.6 is 0 Å². The van der Waals surface area contributed by atoms with Gasteiger partial charge in [-0.15, -0.1) is 0 Å². The van der Waals surface area contributed by atoms with E-state index in [1.165, 1.54) is 53.4 Å². The third-order valence-corrected chi connectivity index (χ3v) is 4.77. The summed E-state index contributed by atoms with van der Waals surface area (Å²) in [5.41, 5.74) is 6.59. The maximum atomic E-state index is 13.2. The van der Waals surface area contributed by atoms with Gasteiger partial charge in [0.15, 0.2) is 12.4 Å². The second-order valence-corrected chi connectivity index (χ2v) is 7.09. The van der Waals surface area contributed by atoms with E-state index in [1.807, 2.05) is 6.07 Å². The third-order valence-electron chi connectivity index (χ3n) is 4.77. The number of carbonyl (C=O) groups excluding carboxylic acids is 4. The van der Waals surface area contributed by atoms with Crippen LogP contribution in [0.5, 0.6) is 0 Å². The topological polar surface area (TPSA) is 107 Å². The van der Waals surface area contributed by atoms with E-state index in [4.69, 9.17) is 10.5 Å². The lowest BCUT2D eigenvalue weighted by Gasteiger charge is -2.22. The van der Waals surface area contributed by atoms with Crippen molar-refractivity contribution in [2.75, 3.05) is 18.1 Å². The Kier molecular flexibility index (Phi) is 7.64. The maximum absolute atomic E-state index is 13.2. The highest BCUT2D eigenvalue weighted by Gasteiger charge is 2.19. The predicted octanol–water partition coefficient (Wildman–Crippen LogP) is 3.12. The van der Waals surface area contributed by atoms with Gasteiger partial charge in [0.2, 0.25) is 5.91 Å². The van der Waals surface area contributed by atoms with Crippen molar-refractivity contribution in [1.29, 1.82) is 0 Å². The number of hydrogen-bond donors (Lipinski definition) is 1. The first-order chi connectivity index (χ1) is 15.8. The highest BCUT2D eigenvalue weighted by molar-refractivity contribution is 6.09. The molecule has 2 N–H and O–H groups in total. The Balaban J connectivity index is 1.64. The summed E-state index contributed by atoms with van der Waals surface area (Å²) < 4.78 is 18.3. The molecule has 0 spiro atoms. The molecule has 0 aliphatic heterocycles. The van der Waals surface area contributed by atoms with E-state index >= 15 is 0 Å². The molecule has 168 valence electrons. The summed E-state index contributed by atoms with van der Waals surface area (Å²) in [6.07, 6.45) is -0.117. The fourth-order valence-corrected chi connectivity index (χ4v) is 3.04. The Labute approximate surface area is 189 Å². The van der Waals surface area contributed by atoms with Crippen molar-refractivity contribution in [2.24, 2.45) is 5.73 Å². The number of esters is 1. The molecule has 0 atom stereocenters. The number of ether oxygens (including phenoxy) is 1. The molecule has 0 fully saturated rings. The molecule has 3 aromatic rings. The second kappa shape index (κ2) is 10.8. The molecular weight excluding hydrogens is 427 g/mol. The van der Waals surface area contributed by atoms with Crippen molar-refractivity contribution in [3.63, 3.8) is 0 Å². The van der Waals surface area contributed by atoms with Gasteiger partial charge in [-0.3, -0.25) is 14.4 Å². The van der Waals surface area contributed by atoms with E-state index in [-0.39, 0.29) is 24.3 Å². The first kappa shape index (κ1) is 23.3. The minimum Gasteiger partial charge on any atom is -0.452 e. The molecule has 0 saturated heterocycles. The molecule has 7 nitrogen and oxygen atoms in total. The van der Waals surface area contributed by atoms with Crippen LogP contribution in [0.25, 0.3) is 0 Å². The fraction of sp³-hybridized carbons (Fsp3) is 0.120. The van der Waals surface area contributed by atoms with Crippen LogP contribution in [0, 0.1) is 5.82 Å². The first-order valence-electron chi connectivity index (χ1n) is 10.1. The Morgan fingerprint density at radius 3 is 1.97 bits per heavy atom. The molecule has 2 amide bonds. The zero-order valence-electron chi connectivity index (χ0n) is 17.6. The van der Waals surface area contributed by atoms with Gasteiger partial charge in [0.25, 0.3) is 5.91 Å². The monoisotopic (exact) mass is 448 g/mol. The standard InChI is InChI=1S/C25H21FN2O5/c26-20-10-12-21(13-11-20)28(15-14-22(27)29)23(30)16-33-25(32)19-8-6-18(7-9-19)24(31)17-4-2-1-3-5-17/h1-13H,14-16H2,(H2,27,29). The average Bonchev–Trinajstić information content (AvgIpc) is 2.83. The Bertz CT molecular complexity index is 1150. The lowest BCUT2D eigenvalue weighted by atomic mass is 10.0. The van der Waals surface area contributed by atoms with E-state index in [9.17, 15) is 23.6 Å². The largest absolute Gasteiger partial charge is 0.452 e. The van der Waals surface area contributed by atoms with Crippen molar-refractivity contribution in [3.8, 4) is 0 Å². The Morgan fingerprint density at radius 1 is 0.788 bits per heavy atom. The van der Waals surface area contributed by atoms with Crippen LogP contribution in [-0.2, 0) is 14.3 Å². The van der Waals surface area contributed by atoms with Crippen LogP contribution in [0.1, 0.15) is 32.7 Å². The molecular formula is C25H21FN2O5. The SMILES string of the molecule is NC(=O)CCN(C(=O)COC(=O)c1ccc(C(=O)c2ccccc2)cc1)c1ccc(F)cc1. The highest BCUT2D eigenvalue weighted by Crippen LogP contribution is 2.16. The Morgan fingerprint density at radius 2 is 1.36 bits per heavy atom. The second-order valence-electron chi connectivity index (χ2n) is 7.09. The number of benzene rings is 3. The number of rotatable bonds is 9. The number of carbonyl (C=O) groups is 4. The minimum atomic E-state index is -0.754. The lowest BCUT2D eigenvalue weighted by molar-refractivity contribution is -0.121. The summed E-state index contributed by atoms with van der Waals surface area (Å²) in [7, 11) is 0. The van der Waals surface area contributed by atoms with Gasteiger partial charge in [0.05, 0.1) is 5.56 Å². The molecule has 33 heavy (non-hydrogen) atoms. The number of halogens is 1. The normalized spacial score (nSPS) is 10.3. The van der Waals surface area contributed by atoms with Crippen molar-refractivity contribution in [1.82, 2.24) is 0 Å². The molecule has 0 aromatic heterocycles. The number of amides is 2. The van der Waals surface area contributed by atoms with Crippen LogP contribution in [0.4, 0.5) is 10.1 Å². The van der Waals surface area contributed by atoms with Crippen LogP contribution in [0.2, 0.25) is 0 Å². The van der Waals surface area contributed by atoms with Gasteiger partial charge in [-0.1, -0.05) is 42.5 Å². The maximum Gasteiger partial charge on any atom is 0.338 e. The van der Waals surface area contributed by atoms with E-state index in [0.29, 0.717) is 16.8 Å². The van der Waals surface area contributed by atoms with Gasteiger partial charge in [-0.05, 0) is 36.4 Å². The van der Waals surface area contributed by atoms with Crippen molar-refractivity contribution >= 4 is 29.3 Å². The molecule has 0 aliphatic rings. The third kappa shape index (κ3) is 6.33. The van der Waals surface area contributed by atoms with Crippen LogP contribution in [-0.4, -0.2) is 36.7 Å². The summed E-state index contributed by atoms with van der Waals surface area (Å²) in [5.74, 6) is -2.64. The molecule has 3 aromatic carbocycles. The summed E-state index contributed by atoms with van der Waals surface area (Å²) in [5, 5.41) is 0. The number of nitrogens with zero attached hydrogens (tertiary/aromatic N) is 1. The number of ketones is 1. The van der Waals surface area contributed by atoms with E-state index in [0.717, 1.165) is 0 Å². The van der Waals surface area contributed by atoms with Gasteiger partial charge >= 0.3 is 5.97 Å². The number of nitrogens with two attached hydrogens (primary N) is 1. The highest BCUT2D eigenvalue weighted by atomic mass is 19.1. The van der Waals surface area contributed by atoms with E-state index < -0.39 is 30.2 Å². The molecule has 8 heteroatoms. The molecule has 0 saturated carbocycles. The molecule has 0 bridgehead atoms. The quantitative estimate of drug-likeness (QED) is 0.400. The zero-order chi connectivity index (χ0) is 23.8. The van der Waals surface area contributed by atoms with Crippen LogP contribution < -0.4 is 10.6 Å². The molecule has 0 aliphatic carbocycles. The first-order valence-corrected chi connectivity index (χ1v) is 10.1. The smallest absolute Gasteiger partial charge is 0.338 e. The summed E-state index contributed by atoms with van der Waals surface area (Å²) in [4.78, 5) is 49.8. The average molecular weight is 448 g/mol. The van der Waals surface area contributed by atoms with Gasteiger partial charge in [0.1, 0.15) is 5.82 Å². The lowest BCUT2D eigenvalue weighted by Crippen LogP contribution is -2.37. The number of anilines is 1. The van der Waals surface area contributed by atoms with Crippen LogP contribution in [0.15, 0.2) is 78.9 Å². The van der Waals surface area contributed by atoms with Crippen molar-refractivity contribution in [3.05, 3.63) is 101 Å². The van der Waals surface area contributed by atoms with E-state index in [2.05, 4.69) is 0 Å². The summed E-state index contributed by atoms with van der Waals surface area (Å²) >= 11 is 0. The van der Waals surface area contributed by atoms with Gasteiger partial charge < -0.3 is 15.4 Å². The minimum absolute atomic E-state index is 0.0480. The summed E-state index contributed by atoms with van der Waals surface area (Å²) in [6, 6.07) is 19.7. The molecule has 0 unspecified atom stereocenters. The molecule has 0 heterocycles. The van der Waals surface area contributed by atoms with Gasteiger partial charge in [-0.2, -0.15) is 0 Å². The summed E-state index contributed by atoms with van der Waals surface area (Å²) in [6.45, 7) is -0.646. The predicted molar refractivity (Wildman–Crippen MR) is 119 cm³/mol. The van der Waals surface area contributed by atoms with Gasteiger partial charge in [0, 0.05) is 29.8 Å². The molecule has 0 radical (unpaired) electrons. The number of primary amides is 1. The van der Waals surface area contributed by atoms with E-state index in [1.54, 1.807) is 24.3 Å². The van der Waals surface area contributed by atoms with Gasteiger partial charge in [-0.25, -0.2) is 9.18 Å². The zero-order valence-corrected chi connectivity index (χ0v) is 17.6. The number of hydrogen-bond acceptors (Lipinski definition) is 5. The van der Waals surface area contributed by atoms with Crippen molar-refractivity contribution < 1.29 is 28.3 Å². The molecule has 3 rings (SSSR count). The fourth-order valence-electron chi connectivity index (χ4n) is 3.04. The van der Waals surface area contributed by atoms with Crippen LogP contribution in [0.3, 0.4) is 0 Å². The Hall–Kier alpha value is -4.33.